The standard InChI is InChI=1S/C30H26Cl2N2O2S/c1-3-20-11-7-8-19(2)27(20)34-30(36)28(21-9-5-4-6-10-21)37-24-15-13-23(14-16-24)33-29(35)25-17-12-22(31)18-26(25)32/h4-18,28H,3H2,1-2H3,(H,33,35)(H,34,36). The van der Waals surface area contributed by atoms with Gasteiger partial charge in [0, 0.05) is 21.3 Å². The number of thioether (sulfide) groups is 1. The molecule has 0 radical (unpaired) electrons. The van der Waals surface area contributed by atoms with Gasteiger partial charge in [-0.2, -0.15) is 0 Å². The van der Waals surface area contributed by atoms with Gasteiger partial charge in [-0.1, -0.05) is 78.7 Å². The van der Waals surface area contributed by atoms with Gasteiger partial charge >= 0.3 is 0 Å². The molecule has 0 bridgehead atoms. The molecule has 4 rings (SSSR count). The highest BCUT2D eigenvalue weighted by atomic mass is 35.5. The summed E-state index contributed by atoms with van der Waals surface area (Å²) >= 11 is 13.5. The van der Waals surface area contributed by atoms with Gasteiger partial charge in [0.05, 0.1) is 10.6 Å². The van der Waals surface area contributed by atoms with E-state index in [2.05, 4.69) is 17.6 Å². The first-order chi connectivity index (χ1) is 17.9. The average molecular weight is 550 g/mol. The Balaban J connectivity index is 1.52. The van der Waals surface area contributed by atoms with Crippen LogP contribution in [0.15, 0.2) is 95.9 Å². The third-order valence-corrected chi connectivity index (χ3v) is 7.68. The van der Waals surface area contributed by atoms with Crippen LogP contribution in [-0.2, 0) is 11.2 Å². The first-order valence-electron chi connectivity index (χ1n) is 11.8. The van der Waals surface area contributed by atoms with E-state index >= 15 is 0 Å². The van der Waals surface area contributed by atoms with Gasteiger partial charge in [0.2, 0.25) is 5.91 Å². The molecule has 0 aromatic heterocycles. The van der Waals surface area contributed by atoms with Crippen molar-refractivity contribution in [3.8, 4) is 0 Å². The number of aryl methyl sites for hydroxylation is 2. The Morgan fingerprint density at radius 1 is 0.865 bits per heavy atom. The highest BCUT2D eigenvalue weighted by molar-refractivity contribution is 8.00. The Morgan fingerprint density at radius 3 is 2.27 bits per heavy atom. The van der Waals surface area contributed by atoms with Crippen LogP contribution in [-0.4, -0.2) is 11.8 Å². The molecule has 188 valence electrons. The molecule has 0 saturated carbocycles. The van der Waals surface area contributed by atoms with Gasteiger partial charge < -0.3 is 10.6 Å². The van der Waals surface area contributed by atoms with Crippen LogP contribution in [0.2, 0.25) is 10.0 Å². The second-order valence-corrected chi connectivity index (χ2v) is 10.5. The summed E-state index contributed by atoms with van der Waals surface area (Å²) in [6.45, 7) is 4.08. The summed E-state index contributed by atoms with van der Waals surface area (Å²) in [6, 6.07) is 27.9. The summed E-state index contributed by atoms with van der Waals surface area (Å²) < 4.78 is 0. The topological polar surface area (TPSA) is 58.2 Å². The molecule has 2 N–H and O–H groups in total. The number of carbonyl (C=O) groups is 2. The smallest absolute Gasteiger partial charge is 0.257 e. The van der Waals surface area contributed by atoms with E-state index in [0.29, 0.717) is 16.3 Å². The summed E-state index contributed by atoms with van der Waals surface area (Å²) in [5.74, 6) is -0.413. The van der Waals surface area contributed by atoms with Crippen LogP contribution in [0.3, 0.4) is 0 Å². The Labute approximate surface area is 231 Å². The van der Waals surface area contributed by atoms with Crippen molar-refractivity contribution in [3.05, 3.63) is 123 Å². The van der Waals surface area contributed by atoms with Crippen molar-refractivity contribution in [1.82, 2.24) is 0 Å². The van der Waals surface area contributed by atoms with Crippen molar-refractivity contribution in [1.29, 1.82) is 0 Å². The van der Waals surface area contributed by atoms with Gasteiger partial charge in [0.1, 0.15) is 5.25 Å². The van der Waals surface area contributed by atoms with Crippen LogP contribution in [0.5, 0.6) is 0 Å². The van der Waals surface area contributed by atoms with Crippen molar-refractivity contribution in [2.24, 2.45) is 0 Å². The van der Waals surface area contributed by atoms with Crippen LogP contribution in [0.25, 0.3) is 0 Å². The van der Waals surface area contributed by atoms with E-state index < -0.39 is 5.25 Å². The molecular formula is C30H26Cl2N2O2S. The minimum atomic E-state index is -0.459. The van der Waals surface area contributed by atoms with Gasteiger partial charge in [-0.05, 0) is 72.5 Å². The van der Waals surface area contributed by atoms with Crippen molar-refractivity contribution < 1.29 is 9.59 Å². The molecular weight excluding hydrogens is 523 g/mol. The lowest BCUT2D eigenvalue weighted by Crippen LogP contribution is -2.20. The van der Waals surface area contributed by atoms with Crippen LogP contribution < -0.4 is 10.6 Å². The summed E-state index contributed by atoms with van der Waals surface area (Å²) in [7, 11) is 0. The zero-order valence-corrected chi connectivity index (χ0v) is 22.8. The van der Waals surface area contributed by atoms with E-state index in [4.69, 9.17) is 23.2 Å². The van der Waals surface area contributed by atoms with Crippen LogP contribution in [0, 0.1) is 6.92 Å². The summed E-state index contributed by atoms with van der Waals surface area (Å²) in [6.07, 6.45) is 0.828. The van der Waals surface area contributed by atoms with E-state index in [-0.39, 0.29) is 16.8 Å². The number of rotatable bonds is 8. The zero-order valence-electron chi connectivity index (χ0n) is 20.4. The lowest BCUT2D eigenvalue weighted by Gasteiger charge is -2.20. The first kappa shape index (κ1) is 26.8. The van der Waals surface area contributed by atoms with Crippen LogP contribution >= 0.6 is 35.0 Å². The van der Waals surface area contributed by atoms with E-state index in [1.165, 1.54) is 17.8 Å². The number of hydrogen-bond donors (Lipinski definition) is 2. The number of halogens is 2. The molecule has 1 atom stereocenters. The minimum Gasteiger partial charge on any atom is -0.324 e. The highest BCUT2D eigenvalue weighted by Crippen LogP contribution is 2.37. The lowest BCUT2D eigenvalue weighted by atomic mass is 10.1. The maximum Gasteiger partial charge on any atom is 0.257 e. The fourth-order valence-corrected chi connectivity index (χ4v) is 5.44. The van der Waals surface area contributed by atoms with E-state index in [1.54, 1.807) is 24.3 Å². The molecule has 0 saturated heterocycles. The predicted molar refractivity (Wildman–Crippen MR) is 155 cm³/mol. The molecule has 4 nitrogen and oxygen atoms in total. The van der Waals surface area contributed by atoms with Gasteiger partial charge in [-0.25, -0.2) is 0 Å². The highest BCUT2D eigenvalue weighted by Gasteiger charge is 2.23. The SMILES string of the molecule is CCc1cccc(C)c1NC(=O)C(Sc1ccc(NC(=O)c2ccc(Cl)cc2Cl)cc1)c1ccccc1. The Hall–Kier alpha value is -3.25. The third kappa shape index (κ3) is 6.75. The molecule has 0 fully saturated rings. The number of amides is 2. The van der Waals surface area contributed by atoms with Gasteiger partial charge in [-0.15, -0.1) is 11.8 Å². The van der Waals surface area contributed by atoms with E-state index in [0.717, 1.165) is 33.7 Å². The molecule has 7 heteroatoms. The molecule has 0 aliphatic heterocycles. The van der Waals surface area contributed by atoms with Crippen molar-refractivity contribution in [2.45, 2.75) is 30.4 Å². The number of anilines is 2. The van der Waals surface area contributed by atoms with Crippen molar-refractivity contribution >= 4 is 58.2 Å². The number of benzene rings is 4. The Morgan fingerprint density at radius 2 is 1.59 bits per heavy atom. The molecule has 0 spiro atoms. The van der Waals surface area contributed by atoms with Crippen molar-refractivity contribution in [3.63, 3.8) is 0 Å². The second kappa shape index (κ2) is 12.3. The predicted octanol–water partition coefficient (Wildman–Crippen LogP) is 8.59. The fraction of sp³-hybridized carbons (Fsp3) is 0.133. The van der Waals surface area contributed by atoms with Crippen LogP contribution in [0.1, 0.15) is 39.2 Å². The Kier molecular flexibility index (Phi) is 8.93. The monoisotopic (exact) mass is 548 g/mol. The van der Waals surface area contributed by atoms with Crippen LogP contribution in [0.4, 0.5) is 11.4 Å². The van der Waals surface area contributed by atoms with Crippen molar-refractivity contribution in [2.75, 3.05) is 10.6 Å². The summed E-state index contributed by atoms with van der Waals surface area (Å²) in [4.78, 5) is 27.1. The fourth-order valence-electron chi connectivity index (χ4n) is 3.92. The minimum absolute atomic E-state index is 0.0880. The number of para-hydroxylation sites is 1. The maximum atomic E-state index is 13.6. The molecule has 1 unspecified atom stereocenters. The molecule has 37 heavy (non-hydrogen) atoms. The molecule has 0 aliphatic rings. The van der Waals surface area contributed by atoms with Gasteiger partial charge in [0.15, 0.2) is 0 Å². The summed E-state index contributed by atoms with van der Waals surface area (Å²) in [5, 5.41) is 6.32. The normalized spacial score (nSPS) is 11.6. The van der Waals surface area contributed by atoms with E-state index in [1.807, 2.05) is 67.6 Å². The molecule has 4 aromatic carbocycles. The third-order valence-electron chi connectivity index (χ3n) is 5.87. The molecule has 0 heterocycles. The van der Waals surface area contributed by atoms with Gasteiger partial charge in [-0.3, -0.25) is 9.59 Å². The number of carbonyl (C=O) groups excluding carboxylic acids is 2. The number of nitrogens with one attached hydrogen (secondary N) is 2. The molecule has 2 amide bonds. The quantitative estimate of drug-likeness (QED) is 0.217. The average Bonchev–Trinajstić information content (AvgIpc) is 2.89. The molecule has 0 aliphatic carbocycles. The zero-order chi connectivity index (χ0) is 26.4. The second-order valence-electron chi connectivity index (χ2n) is 8.46. The van der Waals surface area contributed by atoms with E-state index in [9.17, 15) is 9.59 Å². The lowest BCUT2D eigenvalue weighted by molar-refractivity contribution is -0.115. The summed E-state index contributed by atoms with van der Waals surface area (Å²) in [5.41, 5.74) is 4.87. The first-order valence-corrected chi connectivity index (χ1v) is 13.5. The number of hydrogen-bond acceptors (Lipinski definition) is 3. The maximum absolute atomic E-state index is 13.6. The van der Waals surface area contributed by atoms with Gasteiger partial charge in [0.25, 0.3) is 5.91 Å². The molecule has 4 aromatic rings. The largest absolute Gasteiger partial charge is 0.324 e. The Bertz CT molecular complexity index is 1410.